The van der Waals surface area contributed by atoms with Gasteiger partial charge in [-0.15, -0.1) is 0 Å². The van der Waals surface area contributed by atoms with Crippen LogP contribution < -0.4 is 0 Å². The van der Waals surface area contributed by atoms with Gasteiger partial charge in [-0.05, 0) is 32.8 Å². The Labute approximate surface area is 120 Å². The van der Waals surface area contributed by atoms with Gasteiger partial charge in [-0.25, -0.2) is 0 Å². The number of carbonyl (C=O) groups excluding carboxylic acids is 1. The first-order valence-corrected chi connectivity index (χ1v) is 7.25. The van der Waals surface area contributed by atoms with Crippen molar-refractivity contribution in [3.05, 3.63) is 59.7 Å². The van der Waals surface area contributed by atoms with Gasteiger partial charge in [-0.3, -0.25) is 4.79 Å². The number of allylic oxidation sites excluding steroid dienone is 2. The number of fused-ring (bicyclic) bond motifs is 1. The molecule has 1 aromatic carbocycles. The van der Waals surface area contributed by atoms with E-state index in [9.17, 15) is 4.79 Å². The summed E-state index contributed by atoms with van der Waals surface area (Å²) in [5.74, 6) is 0.388. The molecule has 2 atom stereocenters. The second-order valence-corrected chi connectivity index (χ2v) is 6.55. The SMILES string of the molecule is CC(C)(C)N1C(=O)C2=CCC=C[C@H]2[C@@H]1c1ccccc1. The smallest absolute Gasteiger partial charge is 0.251 e. The minimum absolute atomic E-state index is 0.117. The lowest BCUT2D eigenvalue weighted by Gasteiger charge is -2.38. The molecule has 2 heteroatoms. The van der Waals surface area contributed by atoms with E-state index in [1.165, 1.54) is 5.56 Å². The van der Waals surface area contributed by atoms with Crippen molar-refractivity contribution in [2.45, 2.75) is 38.8 Å². The predicted molar refractivity (Wildman–Crippen MR) is 81.1 cm³/mol. The lowest BCUT2D eigenvalue weighted by atomic mass is 9.86. The molecule has 104 valence electrons. The molecule has 0 radical (unpaired) electrons. The fraction of sp³-hybridized carbons (Fsp3) is 0.389. The van der Waals surface area contributed by atoms with Gasteiger partial charge in [0.2, 0.25) is 0 Å². The van der Waals surface area contributed by atoms with Crippen LogP contribution in [-0.4, -0.2) is 16.3 Å². The Morgan fingerprint density at radius 2 is 1.85 bits per heavy atom. The molecule has 0 spiro atoms. The number of amides is 1. The third kappa shape index (κ3) is 2.00. The van der Waals surface area contributed by atoms with Crippen molar-refractivity contribution in [3.8, 4) is 0 Å². The number of nitrogens with zero attached hydrogens (tertiary/aromatic N) is 1. The summed E-state index contributed by atoms with van der Waals surface area (Å²) in [5.41, 5.74) is 2.01. The number of benzene rings is 1. The van der Waals surface area contributed by atoms with Crippen LogP contribution in [0.3, 0.4) is 0 Å². The van der Waals surface area contributed by atoms with Gasteiger partial charge in [-0.2, -0.15) is 0 Å². The van der Waals surface area contributed by atoms with E-state index >= 15 is 0 Å². The summed E-state index contributed by atoms with van der Waals surface area (Å²) in [6.45, 7) is 6.34. The van der Waals surface area contributed by atoms with Gasteiger partial charge in [-0.1, -0.05) is 48.6 Å². The summed E-state index contributed by atoms with van der Waals surface area (Å²) >= 11 is 0. The van der Waals surface area contributed by atoms with Crippen LogP contribution in [0.5, 0.6) is 0 Å². The molecule has 0 N–H and O–H groups in total. The molecule has 2 aliphatic rings. The Balaban J connectivity index is 2.12. The van der Waals surface area contributed by atoms with Crippen molar-refractivity contribution in [1.29, 1.82) is 0 Å². The lowest BCUT2D eigenvalue weighted by Crippen LogP contribution is -2.44. The lowest BCUT2D eigenvalue weighted by molar-refractivity contribution is -0.131. The molecule has 1 heterocycles. The molecule has 2 nitrogen and oxygen atoms in total. The van der Waals surface area contributed by atoms with Crippen LogP contribution in [-0.2, 0) is 4.79 Å². The highest BCUT2D eigenvalue weighted by Crippen LogP contribution is 2.46. The molecule has 0 aromatic heterocycles. The summed E-state index contributed by atoms with van der Waals surface area (Å²) in [7, 11) is 0. The Hall–Kier alpha value is -1.83. The van der Waals surface area contributed by atoms with Crippen LogP contribution in [0, 0.1) is 5.92 Å². The second kappa shape index (κ2) is 4.62. The van der Waals surface area contributed by atoms with Crippen molar-refractivity contribution in [3.63, 3.8) is 0 Å². The van der Waals surface area contributed by atoms with Crippen molar-refractivity contribution < 1.29 is 4.79 Å². The molecular formula is C18H21NO. The summed E-state index contributed by atoms with van der Waals surface area (Å²) in [6, 6.07) is 10.5. The van der Waals surface area contributed by atoms with Crippen LogP contribution in [0.4, 0.5) is 0 Å². The monoisotopic (exact) mass is 267 g/mol. The average molecular weight is 267 g/mol. The molecule has 1 amide bonds. The van der Waals surface area contributed by atoms with Gasteiger partial charge >= 0.3 is 0 Å². The molecule has 0 bridgehead atoms. The molecule has 1 fully saturated rings. The summed E-state index contributed by atoms with van der Waals surface area (Å²) in [5, 5.41) is 0. The van der Waals surface area contributed by atoms with E-state index in [0.717, 1.165) is 12.0 Å². The number of carbonyl (C=O) groups is 1. The fourth-order valence-electron chi connectivity index (χ4n) is 3.32. The zero-order valence-corrected chi connectivity index (χ0v) is 12.3. The summed E-state index contributed by atoms with van der Waals surface area (Å²) < 4.78 is 0. The molecule has 1 aliphatic heterocycles. The van der Waals surface area contributed by atoms with E-state index in [1.54, 1.807) is 0 Å². The van der Waals surface area contributed by atoms with Gasteiger partial charge in [0.1, 0.15) is 0 Å². The van der Waals surface area contributed by atoms with Gasteiger partial charge < -0.3 is 4.90 Å². The molecule has 20 heavy (non-hydrogen) atoms. The topological polar surface area (TPSA) is 20.3 Å². The Kier molecular flexibility index (Phi) is 3.04. The molecular weight excluding hydrogens is 246 g/mol. The van der Waals surface area contributed by atoms with E-state index in [0.29, 0.717) is 0 Å². The highest BCUT2D eigenvalue weighted by molar-refractivity contribution is 5.98. The van der Waals surface area contributed by atoms with Gasteiger partial charge in [0.15, 0.2) is 0 Å². The van der Waals surface area contributed by atoms with E-state index < -0.39 is 0 Å². The van der Waals surface area contributed by atoms with Gasteiger partial charge in [0, 0.05) is 17.0 Å². The second-order valence-electron chi connectivity index (χ2n) is 6.55. The maximum absolute atomic E-state index is 12.8. The molecule has 1 aromatic rings. The first kappa shape index (κ1) is 13.2. The molecule has 1 saturated heterocycles. The fourth-order valence-corrected chi connectivity index (χ4v) is 3.32. The molecule has 0 saturated carbocycles. The highest BCUT2D eigenvalue weighted by Gasteiger charge is 2.47. The minimum Gasteiger partial charge on any atom is -0.326 e. The van der Waals surface area contributed by atoms with Crippen LogP contribution in [0.1, 0.15) is 38.8 Å². The quantitative estimate of drug-likeness (QED) is 0.707. The van der Waals surface area contributed by atoms with E-state index in [-0.39, 0.29) is 23.4 Å². The first-order chi connectivity index (χ1) is 9.50. The molecule has 1 aliphatic carbocycles. The zero-order chi connectivity index (χ0) is 14.3. The maximum atomic E-state index is 12.8. The Morgan fingerprint density at radius 3 is 2.50 bits per heavy atom. The predicted octanol–water partition coefficient (Wildman–Crippen LogP) is 3.87. The summed E-state index contributed by atoms with van der Waals surface area (Å²) in [4.78, 5) is 14.8. The van der Waals surface area contributed by atoms with Crippen LogP contribution in [0.15, 0.2) is 54.1 Å². The van der Waals surface area contributed by atoms with Gasteiger partial charge in [0.05, 0.1) is 6.04 Å². The Morgan fingerprint density at radius 1 is 1.15 bits per heavy atom. The van der Waals surface area contributed by atoms with Crippen LogP contribution in [0.2, 0.25) is 0 Å². The van der Waals surface area contributed by atoms with E-state index in [2.05, 4.69) is 68.2 Å². The van der Waals surface area contributed by atoms with Crippen molar-refractivity contribution in [2.24, 2.45) is 5.92 Å². The van der Waals surface area contributed by atoms with E-state index in [1.807, 2.05) is 6.07 Å². The highest BCUT2D eigenvalue weighted by atomic mass is 16.2. The average Bonchev–Trinajstić information content (AvgIpc) is 2.74. The maximum Gasteiger partial charge on any atom is 0.251 e. The number of rotatable bonds is 1. The van der Waals surface area contributed by atoms with Crippen LogP contribution >= 0.6 is 0 Å². The van der Waals surface area contributed by atoms with E-state index in [4.69, 9.17) is 0 Å². The van der Waals surface area contributed by atoms with Crippen molar-refractivity contribution in [2.75, 3.05) is 0 Å². The number of hydrogen-bond donors (Lipinski definition) is 0. The molecule has 3 rings (SSSR count). The first-order valence-electron chi connectivity index (χ1n) is 7.25. The molecule has 0 unspecified atom stereocenters. The van der Waals surface area contributed by atoms with Crippen LogP contribution in [0.25, 0.3) is 0 Å². The largest absolute Gasteiger partial charge is 0.326 e. The third-order valence-corrected chi connectivity index (χ3v) is 4.12. The zero-order valence-electron chi connectivity index (χ0n) is 12.3. The number of hydrogen-bond acceptors (Lipinski definition) is 1. The summed E-state index contributed by atoms with van der Waals surface area (Å²) in [6.07, 6.45) is 7.34. The Bertz CT molecular complexity index is 577. The standard InChI is InChI=1S/C18H21NO/c1-18(2,3)19-16(13-9-5-4-6-10-13)14-11-7-8-12-15(14)17(19)20/h4-7,9-12,14,16H,8H2,1-3H3/t14-,16+/m1/s1. The van der Waals surface area contributed by atoms with Crippen molar-refractivity contribution >= 4 is 5.91 Å². The number of likely N-dealkylation sites (tertiary alicyclic amines) is 1. The normalized spacial score (nSPS) is 25.6. The third-order valence-electron chi connectivity index (χ3n) is 4.12. The minimum atomic E-state index is -0.177. The van der Waals surface area contributed by atoms with Crippen molar-refractivity contribution in [1.82, 2.24) is 4.90 Å². The van der Waals surface area contributed by atoms with Gasteiger partial charge in [0.25, 0.3) is 5.91 Å².